The summed E-state index contributed by atoms with van der Waals surface area (Å²) in [4.78, 5) is 4.84. The van der Waals surface area contributed by atoms with Crippen LogP contribution in [-0.4, -0.2) is 16.2 Å². The molecule has 0 unspecified atom stereocenters. The molecule has 0 aliphatic carbocycles. The maximum absolute atomic E-state index is 6.28. The van der Waals surface area contributed by atoms with Gasteiger partial charge in [-0.15, -0.1) is 0 Å². The van der Waals surface area contributed by atoms with Crippen LogP contribution in [-0.2, 0) is 5.75 Å². The summed E-state index contributed by atoms with van der Waals surface area (Å²) >= 11 is 14.0. The van der Waals surface area contributed by atoms with Gasteiger partial charge in [-0.1, -0.05) is 54.0 Å². The minimum absolute atomic E-state index is 0.691. The van der Waals surface area contributed by atoms with E-state index in [1.54, 1.807) is 11.8 Å². The molecule has 148 valence electrons. The first-order chi connectivity index (χ1) is 14.1. The zero-order valence-electron chi connectivity index (χ0n) is 15.9. The van der Waals surface area contributed by atoms with Crippen molar-refractivity contribution in [3.05, 3.63) is 82.3 Å². The van der Waals surface area contributed by atoms with Crippen molar-refractivity contribution in [1.29, 1.82) is 0 Å². The van der Waals surface area contributed by atoms with Crippen LogP contribution in [0, 0.1) is 0 Å². The number of hydrogen-bond acceptors (Lipinski definition) is 3. The van der Waals surface area contributed by atoms with E-state index in [1.807, 2.05) is 54.6 Å². The van der Waals surface area contributed by atoms with Gasteiger partial charge in [0.15, 0.2) is 5.16 Å². The predicted octanol–water partition coefficient (Wildman–Crippen LogP) is 7.41. The number of thioether (sulfide) groups is 1. The number of imidazole rings is 1. The molecule has 0 aliphatic rings. The molecule has 0 saturated carbocycles. The van der Waals surface area contributed by atoms with Crippen LogP contribution in [0.4, 0.5) is 0 Å². The van der Waals surface area contributed by atoms with Crippen molar-refractivity contribution in [2.45, 2.75) is 24.3 Å². The van der Waals surface area contributed by atoms with Crippen molar-refractivity contribution in [3.63, 3.8) is 0 Å². The fourth-order valence-electron chi connectivity index (χ4n) is 3.01. The molecule has 0 amide bonds. The number of halogens is 2. The molecule has 4 rings (SSSR count). The van der Waals surface area contributed by atoms with Crippen molar-refractivity contribution >= 4 is 46.0 Å². The van der Waals surface area contributed by atoms with Gasteiger partial charge >= 0.3 is 0 Å². The van der Waals surface area contributed by atoms with Crippen LogP contribution < -0.4 is 4.74 Å². The number of ether oxygens (including phenoxy) is 1. The van der Waals surface area contributed by atoms with Crippen molar-refractivity contribution in [2.24, 2.45) is 0 Å². The molecule has 4 aromatic rings. The lowest BCUT2D eigenvalue weighted by molar-refractivity contribution is 0.317. The summed E-state index contributed by atoms with van der Waals surface area (Å²) in [6.07, 6.45) is 0.984. The second-order valence-corrected chi connectivity index (χ2v) is 8.44. The standard InChI is InChI=1S/C23H20Cl2N2OS/c1-2-13-28-20-10-8-19(9-11-20)27-22-14-18(25)7-12-21(22)26-23(27)29-15-16-3-5-17(24)6-4-16/h3-12,14H,2,13,15H2,1H3. The number of aromatic nitrogens is 2. The second kappa shape index (κ2) is 9.12. The molecule has 29 heavy (non-hydrogen) atoms. The lowest BCUT2D eigenvalue weighted by atomic mass is 10.2. The van der Waals surface area contributed by atoms with E-state index < -0.39 is 0 Å². The third kappa shape index (κ3) is 4.72. The smallest absolute Gasteiger partial charge is 0.174 e. The quantitative estimate of drug-likeness (QED) is 0.278. The van der Waals surface area contributed by atoms with Crippen LogP contribution in [0.25, 0.3) is 16.7 Å². The molecule has 1 heterocycles. The van der Waals surface area contributed by atoms with Crippen LogP contribution in [0.3, 0.4) is 0 Å². The van der Waals surface area contributed by atoms with Gasteiger partial charge in [0, 0.05) is 21.5 Å². The average Bonchev–Trinajstić information content (AvgIpc) is 3.09. The summed E-state index contributed by atoms with van der Waals surface area (Å²) in [5, 5.41) is 2.35. The summed E-state index contributed by atoms with van der Waals surface area (Å²) in [6.45, 7) is 2.81. The molecule has 0 radical (unpaired) electrons. The van der Waals surface area contributed by atoms with E-state index in [2.05, 4.69) is 23.6 Å². The first-order valence-corrected chi connectivity index (χ1v) is 11.2. The molecule has 6 heteroatoms. The van der Waals surface area contributed by atoms with Crippen LogP contribution in [0.1, 0.15) is 18.9 Å². The molecule has 0 fully saturated rings. The Morgan fingerprint density at radius 3 is 2.38 bits per heavy atom. The highest BCUT2D eigenvalue weighted by molar-refractivity contribution is 7.98. The van der Waals surface area contributed by atoms with Crippen LogP contribution in [0.2, 0.25) is 10.0 Å². The third-order valence-corrected chi connectivity index (χ3v) is 5.93. The molecule has 0 spiro atoms. The van der Waals surface area contributed by atoms with Gasteiger partial charge in [0.25, 0.3) is 0 Å². The molecule has 1 aromatic heterocycles. The molecular formula is C23H20Cl2N2OS. The number of fused-ring (bicyclic) bond motifs is 1. The van der Waals surface area contributed by atoms with E-state index in [9.17, 15) is 0 Å². The van der Waals surface area contributed by atoms with E-state index in [1.165, 1.54) is 5.56 Å². The lowest BCUT2D eigenvalue weighted by Crippen LogP contribution is -1.98. The number of hydrogen-bond donors (Lipinski definition) is 0. The van der Waals surface area contributed by atoms with E-state index in [-0.39, 0.29) is 0 Å². The topological polar surface area (TPSA) is 27.1 Å². The highest BCUT2D eigenvalue weighted by Gasteiger charge is 2.14. The summed E-state index contributed by atoms with van der Waals surface area (Å²) in [5.74, 6) is 1.67. The largest absolute Gasteiger partial charge is 0.494 e. The van der Waals surface area contributed by atoms with Crippen molar-refractivity contribution < 1.29 is 4.74 Å². The highest BCUT2D eigenvalue weighted by Crippen LogP contribution is 2.32. The van der Waals surface area contributed by atoms with Crippen molar-refractivity contribution in [1.82, 2.24) is 9.55 Å². The molecule has 0 bridgehead atoms. The van der Waals surface area contributed by atoms with Gasteiger partial charge in [0.05, 0.1) is 17.6 Å². The van der Waals surface area contributed by atoms with Gasteiger partial charge in [0.2, 0.25) is 0 Å². The Morgan fingerprint density at radius 2 is 1.66 bits per heavy atom. The summed E-state index contributed by atoms with van der Waals surface area (Å²) in [5.41, 5.74) is 4.12. The Bertz CT molecular complexity index is 1110. The Labute approximate surface area is 184 Å². The SMILES string of the molecule is CCCOc1ccc(-n2c(SCc3ccc(Cl)cc3)nc3ccc(Cl)cc32)cc1. The summed E-state index contributed by atoms with van der Waals surface area (Å²) in [6, 6.07) is 21.8. The number of benzene rings is 3. The molecular weight excluding hydrogens is 423 g/mol. The molecule has 0 atom stereocenters. The molecule has 3 nitrogen and oxygen atoms in total. The normalized spacial score (nSPS) is 11.1. The van der Waals surface area contributed by atoms with Crippen LogP contribution >= 0.6 is 35.0 Å². The Kier molecular flexibility index (Phi) is 6.34. The predicted molar refractivity (Wildman–Crippen MR) is 123 cm³/mol. The van der Waals surface area contributed by atoms with Gasteiger partial charge in [-0.2, -0.15) is 0 Å². The van der Waals surface area contributed by atoms with E-state index in [0.29, 0.717) is 11.6 Å². The molecule has 3 aromatic carbocycles. The second-order valence-electron chi connectivity index (χ2n) is 6.62. The molecule has 0 saturated heterocycles. The average molecular weight is 443 g/mol. The Hall–Kier alpha value is -2.14. The van der Waals surface area contributed by atoms with Gasteiger partial charge in [-0.25, -0.2) is 4.98 Å². The Balaban J connectivity index is 1.69. The number of rotatable bonds is 7. The van der Waals surface area contributed by atoms with E-state index >= 15 is 0 Å². The first-order valence-electron chi connectivity index (χ1n) is 9.42. The Morgan fingerprint density at radius 1 is 0.931 bits per heavy atom. The third-order valence-electron chi connectivity index (χ3n) is 4.43. The minimum atomic E-state index is 0.691. The monoisotopic (exact) mass is 442 g/mol. The van der Waals surface area contributed by atoms with Crippen molar-refractivity contribution in [3.8, 4) is 11.4 Å². The minimum Gasteiger partial charge on any atom is -0.494 e. The van der Waals surface area contributed by atoms with E-state index in [0.717, 1.165) is 44.8 Å². The van der Waals surface area contributed by atoms with Crippen LogP contribution in [0.15, 0.2) is 71.9 Å². The van der Waals surface area contributed by atoms with Gasteiger partial charge in [-0.05, 0) is 66.6 Å². The zero-order valence-corrected chi connectivity index (χ0v) is 18.3. The van der Waals surface area contributed by atoms with Gasteiger partial charge in [0.1, 0.15) is 5.75 Å². The summed E-state index contributed by atoms with van der Waals surface area (Å²) < 4.78 is 7.86. The van der Waals surface area contributed by atoms with E-state index in [4.69, 9.17) is 32.9 Å². The summed E-state index contributed by atoms with van der Waals surface area (Å²) in [7, 11) is 0. The fraction of sp³-hybridized carbons (Fsp3) is 0.174. The van der Waals surface area contributed by atoms with Crippen LogP contribution in [0.5, 0.6) is 5.75 Å². The maximum Gasteiger partial charge on any atom is 0.174 e. The van der Waals surface area contributed by atoms with Gasteiger partial charge < -0.3 is 4.74 Å². The zero-order chi connectivity index (χ0) is 20.2. The molecule has 0 aliphatic heterocycles. The van der Waals surface area contributed by atoms with Crippen molar-refractivity contribution in [2.75, 3.05) is 6.61 Å². The fourth-order valence-corrected chi connectivity index (χ4v) is 4.29. The maximum atomic E-state index is 6.28. The molecule has 0 N–H and O–H groups in total. The first kappa shape index (κ1) is 20.1. The van der Waals surface area contributed by atoms with Gasteiger partial charge in [-0.3, -0.25) is 4.57 Å². The highest BCUT2D eigenvalue weighted by atomic mass is 35.5. The number of nitrogens with zero attached hydrogens (tertiary/aromatic N) is 2. The lowest BCUT2D eigenvalue weighted by Gasteiger charge is -2.11.